The molecular formula is C20H32N4O. The second kappa shape index (κ2) is 8.30. The smallest absolute Gasteiger partial charge is 0.244 e. The van der Waals surface area contributed by atoms with E-state index in [4.69, 9.17) is 0 Å². The van der Waals surface area contributed by atoms with Crippen LogP contribution >= 0.6 is 0 Å². The van der Waals surface area contributed by atoms with Gasteiger partial charge in [0.25, 0.3) is 0 Å². The Morgan fingerprint density at radius 3 is 2.44 bits per heavy atom. The van der Waals surface area contributed by atoms with Crippen LogP contribution in [0.4, 0.5) is 0 Å². The largest absolute Gasteiger partial charge is 0.338 e. The normalized spacial score (nSPS) is 24.3. The number of nitrogens with zero attached hydrogens (tertiary/aromatic N) is 3. The number of nitrogens with one attached hydrogen (secondary N) is 1. The van der Waals surface area contributed by atoms with E-state index in [1.54, 1.807) is 0 Å². The number of amides is 1. The summed E-state index contributed by atoms with van der Waals surface area (Å²) in [5.41, 5.74) is 2.36. The number of piperazine rings is 2. The zero-order valence-electron chi connectivity index (χ0n) is 15.9. The monoisotopic (exact) mass is 344 g/mol. The summed E-state index contributed by atoms with van der Waals surface area (Å²) in [6, 6.07) is 8.71. The number of benzene rings is 1. The summed E-state index contributed by atoms with van der Waals surface area (Å²) in [6.07, 6.45) is 0. The molecule has 2 saturated heterocycles. The zero-order valence-corrected chi connectivity index (χ0v) is 15.9. The maximum atomic E-state index is 13.5. The van der Waals surface area contributed by atoms with Gasteiger partial charge in [0, 0.05) is 51.9 Å². The van der Waals surface area contributed by atoms with Crippen molar-refractivity contribution in [3.63, 3.8) is 0 Å². The standard InChI is InChI=1S/C20H32N4O/c1-4-22-11-13-23(14-12-22)20(25)19(18-7-5-16(2)6-8-18)24-10-9-21-15-17(24)3/h5-8,17,19,21H,4,9-15H2,1-3H3. The van der Waals surface area contributed by atoms with E-state index >= 15 is 0 Å². The number of hydrogen-bond donors (Lipinski definition) is 1. The summed E-state index contributed by atoms with van der Waals surface area (Å²) in [5.74, 6) is 0.272. The van der Waals surface area contributed by atoms with Crippen LogP contribution in [0.1, 0.15) is 31.0 Å². The van der Waals surface area contributed by atoms with E-state index in [1.165, 1.54) is 5.56 Å². The molecule has 5 nitrogen and oxygen atoms in total. The zero-order chi connectivity index (χ0) is 17.8. The number of likely N-dealkylation sites (N-methyl/N-ethyl adjacent to an activating group) is 1. The molecule has 1 N–H and O–H groups in total. The third kappa shape index (κ3) is 4.22. The van der Waals surface area contributed by atoms with Crippen molar-refractivity contribution in [1.82, 2.24) is 20.0 Å². The third-order valence-corrected chi connectivity index (χ3v) is 5.64. The first-order valence-electron chi connectivity index (χ1n) is 9.64. The van der Waals surface area contributed by atoms with Crippen LogP contribution < -0.4 is 5.32 Å². The van der Waals surface area contributed by atoms with E-state index < -0.39 is 0 Å². The number of aryl methyl sites for hydroxylation is 1. The topological polar surface area (TPSA) is 38.8 Å². The molecule has 5 heteroatoms. The summed E-state index contributed by atoms with van der Waals surface area (Å²) >= 11 is 0. The molecule has 0 aliphatic carbocycles. The van der Waals surface area contributed by atoms with Crippen molar-refractivity contribution in [3.05, 3.63) is 35.4 Å². The van der Waals surface area contributed by atoms with Crippen molar-refractivity contribution in [2.75, 3.05) is 52.4 Å². The van der Waals surface area contributed by atoms with E-state index in [9.17, 15) is 4.79 Å². The Morgan fingerprint density at radius 1 is 1.16 bits per heavy atom. The molecule has 0 bridgehead atoms. The molecule has 0 radical (unpaired) electrons. The molecule has 1 aromatic carbocycles. The molecule has 3 rings (SSSR count). The lowest BCUT2D eigenvalue weighted by Crippen LogP contribution is -2.57. The highest BCUT2D eigenvalue weighted by atomic mass is 16.2. The van der Waals surface area contributed by atoms with Crippen molar-refractivity contribution in [1.29, 1.82) is 0 Å². The Kier molecular flexibility index (Phi) is 6.10. The fourth-order valence-corrected chi connectivity index (χ4v) is 3.92. The van der Waals surface area contributed by atoms with Crippen LogP contribution in [0.15, 0.2) is 24.3 Å². The van der Waals surface area contributed by atoms with Gasteiger partial charge in [0.2, 0.25) is 5.91 Å². The highest BCUT2D eigenvalue weighted by Gasteiger charge is 2.35. The van der Waals surface area contributed by atoms with E-state index in [-0.39, 0.29) is 11.9 Å². The Bertz CT molecular complexity index is 566. The van der Waals surface area contributed by atoms with E-state index in [0.717, 1.165) is 57.9 Å². The average molecular weight is 345 g/mol. The molecule has 2 unspecified atom stereocenters. The van der Waals surface area contributed by atoms with Crippen molar-refractivity contribution in [2.45, 2.75) is 32.9 Å². The lowest BCUT2D eigenvalue weighted by atomic mass is 9.99. The van der Waals surface area contributed by atoms with Gasteiger partial charge in [-0.3, -0.25) is 9.69 Å². The van der Waals surface area contributed by atoms with Crippen molar-refractivity contribution in [3.8, 4) is 0 Å². The minimum atomic E-state index is -0.161. The van der Waals surface area contributed by atoms with Gasteiger partial charge in [-0.15, -0.1) is 0 Å². The minimum absolute atomic E-state index is 0.161. The minimum Gasteiger partial charge on any atom is -0.338 e. The van der Waals surface area contributed by atoms with E-state index in [2.05, 4.69) is 65.1 Å². The van der Waals surface area contributed by atoms with Gasteiger partial charge in [0.1, 0.15) is 6.04 Å². The molecule has 2 fully saturated rings. The first kappa shape index (κ1) is 18.4. The molecule has 25 heavy (non-hydrogen) atoms. The molecule has 2 heterocycles. The van der Waals surface area contributed by atoms with E-state index in [0.29, 0.717) is 6.04 Å². The Morgan fingerprint density at radius 2 is 1.84 bits per heavy atom. The van der Waals surface area contributed by atoms with Crippen LogP contribution in [0.25, 0.3) is 0 Å². The van der Waals surface area contributed by atoms with Crippen LogP contribution in [0.3, 0.4) is 0 Å². The highest BCUT2D eigenvalue weighted by Crippen LogP contribution is 2.27. The van der Waals surface area contributed by atoms with E-state index in [1.807, 2.05) is 0 Å². The van der Waals surface area contributed by atoms with Gasteiger partial charge in [-0.2, -0.15) is 0 Å². The number of rotatable bonds is 4. The number of hydrogen-bond acceptors (Lipinski definition) is 4. The van der Waals surface area contributed by atoms with Gasteiger partial charge in [0.05, 0.1) is 0 Å². The second-order valence-corrected chi connectivity index (χ2v) is 7.36. The average Bonchev–Trinajstić information content (AvgIpc) is 2.65. The van der Waals surface area contributed by atoms with Gasteiger partial charge in [-0.1, -0.05) is 36.8 Å². The van der Waals surface area contributed by atoms with Gasteiger partial charge in [0.15, 0.2) is 0 Å². The maximum Gasteiger partial charge on any atom is 0.244 e. The lowest BCUT2D eigenvalue weighted by Gasteiger charge is -2.43. The van der Waals surface area contributed by atoms with Crippen LogP contribution in [-0.2, 0) is 4.79 Å². The molecule has 0 spiro atoms. The maximum absolute atomic E-state index is 13.5. The molecule has 138 valence electrons. The predicted molar refractivity (Wildman–Crippen MR) is 102 cm³/mol. The Balaban J connectivity index is 1.82. The van der Waals surface area contributed by atoms with Crippen molar-refractivity contribution in [2.24, 2.45) is 0 Å². The van der Waals surface area contributed by atoms with Crippen LogP contribution in [0.2, 0.25) is 0 Å². The van der Waals surface area contributed by atoms with Gasteiger partial charge in [-0.05, 0) is 26.0 Å². The first-order chi connectivity index (χ1) is 12.1. The summed E-state index contributed by atoms with van der Waals surface area (Å²) in [6.45, 7) is 14.0. The van der Waals surface area contributed by atoms with Gasteiger partial charge >= 0.3 is 0 Å². The number of carbonyl (C=O) groups excluding carboxylic acids is 1. The second-order valence-electron chi connectivity index (χ2n) is 7.36. The SMILES string of the molecule is CCN1CCN(C(=O)C(c2ccc(C)cc2)N2CCNCC2C)CC1. The van der Waals surface area contributed by atoms with Gasteiger partial charge in [-0.25, -0.2) is 0 Å². The van der Waals surface area contributed by atoms with Crippen molar-refractivity contribution < 1.29 is 4.79 Å². The molecule has 2 aliphatic rings. The summed E-state index contributed by atoms with van der Waals surface area (Å²) in [5, 5.41) is 3.44. The number of carbonyl (C=O) groups is 1. The lowest BCUT2D eigenvalue weighted by molar-refractivity contribution is -0.140. The third-order valence-electron chi connectivity index (χ3n) is 5.64. The molecule has 2 aliphatic heterocycles. The van der Waals surface area contributed by atoms with Crippen LogP contribution in [0.5, 0.6) is 0 Å². The summed E-state index contributed by atoms with van der Waals surface area (Å²) < 4.78 is 0. The Hall–Kier alpha value is -1.43. The van der Waals surface area contributed by atoms with Gasteiger partial charge < -0.3 is 15.1 Å². The summed E-state index contributed by atoms with van der Waals surface area (Å²) in [7, 11) is 0. The highest BCUT2D eigenvalue weighted by molar-refractivity contribution is 5.83. The van der Waals surface area contributed by atoms with Crippen LogP contribution in [-0.4, -0.2) is 79.0 Å². The molecule has 0 aromatic heterocycles. The molecule has 0 saturated carbocycles. The quantitative estimate of drug-likeness (QED) is 0.898. The fraction of sp³-hybridized carbons (Fsp3) is 0.650. The Labute approximate surface area is 152 Å². The molecular weight excluding hydrogens is 312 g/mol. The summed E-state index contributed by atoms with van der Waals surface area (Å²) in [4.78, 5) is 20.3. The van der Waals surface area contributed by atoms with Crippen LogP contribution in [0, 0.1) is 6.92 Å². The molecule has 1 aromatic rings. The fourth-order valence-electron chi connectivity index (χ4n) is 3.92. The molecule has 2 atom stereocenters. The predicted octanol–water partition coefficient (Wildman–Crippen LogP) is 1.49. The molecule has 1 amide bonds. The first-order valence-corrected chi connectivity index (χ1v) is 9.64. The van der Waals surface area contributed by atoms with Crippen molar-refractivity contribution >= 4 is 5.91 Å².